The van der Waals surface area contributed by atoms with Crippen LogP contribution in [0.4, 0.5) is 0 Å². The van der Waals surface area contributed by atoms with Crippen molar-refractivity contribution >= 4 is 27.7 Å². The van der Waals surface area contributed by atoms with Gasteiger partial charge in [0.05, 0.1) is 0 Å². The summed E-state index contributed by atoms with van der Waals surface area (Å²) in [6.45, 7) is 0. The first-order valence-electron chi connectivity index (χ1n) is 6.49. The summed E-state index contributed by atoms with van der Waals surface area (Å²) in [6.07, 6.45) is 2.28. The second-order valence-corrected chi connectivity index (χ2v) is 7.11. The van der Waals surface area contributed by atoms with Crippen LogP contribution in [0.5, 0.6) is 0 Å². The number of nitrogens with two attached hydrogens (primary N) is 1. The van der Waals surface area contributed by atoms with Crippen LogP contribution < -0.4 is 5.73 Å². The summed E-state index contributed by atoms with van der Waals surface area (Å²) in [5, 5.41) is 0.462. The van der Waals surface area contributed by atoms with Gasteiger partial charge in [-0.25, -0.2) is 0 Å². The zero-order valence-corrected chi connectivity index (χ0v) is 13.0. The summed E-state index contributed by atoms with van der Waals surface area (Å²) in [5.74, 6) is 0. The van der Waals surface area contributed by atoms with Crippen molar-refractivity contribution < 1.29 is 0 Å². The van der Waals surface area contributed by atoms with E-state index in [1.165, 1.54) is 16.0 Å². The number of thioether (sulfide) groups is 1. The third-order valence-corrected chi connectivity index (χ3v) is 5.45. The van der Waals surface area contributed by atoms with Gasteiger partial charge in [-0.2, -0.15) is 0 Å². The van der Waals surface area contributed by atoms with E-state index < -0.39 is 0 Å². The van der Waals surface area contributed by atoms with E-state index in [2.05, 4.69) is 64.5 Å². The molecule has 0 bridgehead atoms. The van der Waals surface area contributed by atoms with Gasteiger partial charge in [0.1, 0.15) is 0 Å². The minimum Gasteiger partial charge on any atom is -0.323 e. The Bertz CT molecular complexity index is 584. The molecule has 0 fully saturated rings. The maximum absolute atomic E-state index is 6.44. The fourth-order valence-corrected chi connectivity index (χ4v) is 4.39. The molecule has 0 heterocycles. The molecule has 19 heavy (non-hydrogen) atoms. The molecule has 3 rings (SSSR count). The summed E-state index contributed by atoms with van der Waals surface area (Å²) in [4.78, 5) is 1.29. The van der Waals surface area contributed by atoms with Gasteiger partial charge in [-0.3, -0.25) is 0 Å². The molecule has 0 saturated carbocycles. The fourth-order valence-electron chi connectivity index (χ4n) is 2.61. The highest BCUT2D eigenvalue weighted by Crippen LogP contribution is 2.39. The highest BCUT2D eigenvalue weighted by Gasteiger charge is 2.27. The normalized spacial score (nSPS) is 22.0. The molecule has 2 N–H and O–H groups in total. The molecule has 2 aromatic carbocycles. The Morgan fingerprint density at radius 2 is 1.95 bits per heavy atom. The molecule has 2 atom stereocenters. The van der Waals surface area contributed by atoms with Crippen LogP contribution in [-0.4, -0.2) is 5.25 Å². The molecular weight excluding hydrogens is 318 g/mol. The van der Waals surface area contributed by atoms with Crippen LogP contribution in [0.15, 0.2) is 57.9 Å². The van der Waals surface area contributed by atoms with Gasteiger partial charge in [-0.05, 0) is 42.2 Å². The lowest BCUT2D eigenvalue weighted by atomic mass is 9.88. The molecule has 3 heteroatoms. The predicted octanol–water partition coefficient (Wildman–Crippen LogP) is 4.56. The Kier molecular flexibility index (Phi) is 3.96. The third kappa shape index (κ3) is 2.88. The van der Waals surface area contributed by atoms with Gasteiger partial charge in [0.25, 0.3) is 0 Å². The Hall–Kier alpha value is -0.770. The molecular formula is C16H16BrNS. The van der Waals surface area contributed by atoms with Crippen molar-refractivity contribution in [2.45, 2.75) is 29.0 Å². The lowest BCUT2D eigenvalue weighted by Gasteiger charge is -2.30. The maximum Gasteiger partial charge on any atom is 0.0421 e. The molecule has 1 aliphatic rings. The van der Waals surface area contributed by atoms with E-state index in [1.54, 1.807) is 0 Å². The monoisotopic (exact) mass is 333 g/mol. The largest absolute Gasteiger partial charge is 0.323 e. The van der Waals surface area contributed by atoms with E-state index in [0.717, 1.165) is 17.3 Å². The second kappa shape index (κ2) is 5.70. The van der Waals surface area contributed by atoms with Gasteiger partial charge in [-0.1, -0.05) is 46.3 Å². The molecule has 0 spiro atoms. The van der Waals surface area contributed by atoms with E-state index in [-0.39, 0.29) is 6.04 Å². The summed E-state index contributed by atoms with van der Waals surface area (Å²) in [6, 6.07) is 17.2. The minimum atomic E-state index is 0.133. The second-order valence-electron chi connectivity index (χ2n) is 4.88. The van der Waals surface area contributed by atoms with E-state index in [1.807, 2.05) is 11.8 Å². The van der Waals surface area contributed by atoms with Crippen LogP contribution in [-0.2, 0) is 6.42 Å². The van der Waals surface area contributed by atoms with Gasteiger partial charge in [0, 0.05) is 20.7 Å². The quantitative estimate of drug-likeness (QED) is 0.871. The van der Waals surface area contributed by atoms with Gasteiger partial charge in [-0.15, -0.1) is 11.8 Å². The first-order chi connectivity index (χ1) is 9.24. The Morgan fingerprint density at radius 3 is 2.79 bits per heavy atom. The molecule has 0 saturated heterocycles. The number of aryl methyl sites for hydroxylation is 1. The van der Waals surface area contributed by atoms with Crippen molar-refractivity contribution in [1.29, 1.82) is 0 Å². The minimum absolute atomic E-state index is 0.133. The topological polar surface area (TPSA) is 26.0 Å². The van der Waals surface area contributed by atoms with E-state index in [4.69, 9.17) is 5.73 Å². The van der Waals surface area contributed by atoms with Crippen molar-refractivity contribution in [3.63, 3.8) is 0 Å². The van der Waals surface area contributed by atoms with Crippen molar-refractivity contribution in [3.05, 3.63) is 64.1 Å². The number of hydrogen-bond acceptors (Lipinski definition) is 2. The smallest absolute Gasteiger partial charge is 0.0421 e. The lowest BCUT2D eigenvalue weighted by molar-refractivity contribution is 0.587. The molecule has 2 unspecified atom stereocenters. The molecule has 0 aliphatic heterocycles. The first-order valence-corrected chi connectivity index (χ1v) is 8.17. The fraction of sp³-hybridized carbons (Fsp3) is 0.250. The molecule has 2 aromatic rings. The van der Waals surface area contributed by atoms with Crippen LogP contribution in [0.25, 0.3) is 0 Å². The number of benzene rings is 2. The van der Waals surface area contributed by atoms with Crippen molar-refractivity contribution in [1.82, 2.24) is 0 Å². The van der Waals surface area contributed by atoms with Gasteiger partial charge >= 0.3 is 0 Å². The van der Waals surface area contributed by atoms with Crippen LogP contribution >= 0.6 is 27.7 Å². The van der Waals surface area contributed by atoms with Crippen LogP contribution in [0.2, 0.25) is 0 Å². The zero-order valence-electron chi connectivity index (χ0n) is 10.6. The van der Waals surface area contributed by atoms with Crippen molar-refractivity contribution in [3.8, 4) is 0 Å². The summed E-state index contributed by atoms with van der Waals surface area (Å²) in [7, 11) is 0. The van der Waals surface area contributed by atoms with Gasteiger partial charge < -0.3 is 5.73 Å². The molecule has 1 nitrogen and oxygen atoms in total. The first kappa shape index (κ1) is 13.2. The lowest BCUT2D eigenvalue weighted by Crippen LogP contribution is -2.29. The Balaban J connectivity index is 1.81. The summed E-state index contributed by atoms with van der Waals surface area (Å²) < 4.78 is 1.13. The molecule has 0 amide bonds. The average molecular weight is 334 g/mol. The van der Waals surface area contributed by atoms with E-state index in [0.29, 0.717) is 5.25 Å². The Labute approximate surface area is 126 Å². The SMILES string of the molecule is NC1c2ccccc2CCC1Sc1cccc(Br)c1. The summed E-state index contributed by atoms with van der Waals surface area (Å²) >= 11 is 5.42. The van der Waals surface area contributed by atoms with Crippen molar-refractivity contribution in [2.24, 2.45) is 5.73 Å². The van der Waals surface area contributed by atoms with Crippen LogP contribution in [0, 0.1) is 0 Å². The van der Waals surface area contributed by atoms with Gasteiger partial charge in [0.2, 0.25) is 0 Å². The summed E-state index contributed by atoms with van der Waals surface area (Å²) in [5.41, 5.74) is 9.18. The number of hydrogen-bond donors (Lipinski definition) is 1. The van der Waals surface area contributed by atoms with Crippen LogP contribution in [0.1, 0.15) is 23.6 Å². The number of fused-ring (bicyclic) bond motifs is 1. The molecule has 98 valence electrons. The number of rotatable bonds is 2. The van der Waals surface area contributed by atoms with Crippen molar-refractivity contribution in [2.75, 3.05) is 0 Å². The predicted molar refractivity (Wildman–Crippen MR) is 85.5 cm³/mol. The number of halogens is 1. The van der Waals surface area contributed by atoms with Crippen LogP contribution in [0.3, 0.4) is 0 Å². The molecule has 1 aliphatic carbocycles. The zero-order chi connectivity index (χ0) is 13.2. The van der Waals surface area contributed by atoms with E-state index in [9.17, 15) is 0 Å². The standard InChI is InChI=1S/C16H16BrNS/c17-12-5-3-6-13(10-12)19-15-9-8-11-4-1-2-7-14(11)16(15)18/h1-7,10,15-16H,8-9,18H2. The molecule has 0 radical (unpaired) electrons. The molecule has 0 aromatic heterocycles. The maximum atomic E-state index is 6.44. The highest BCUT2D eigenvalue weighted by atomic mass is 79.9. The highest BCUT2D eigenvalue weighted by molar-refractivity contribution is 9.10. The third-order valence-electron chi connectivity index (χ3n) is 3.60. The van der Waals surface area contributed by atoms with Gasteiger partial charge in [0.15, 0.2) is 0 Å². The Morgan fingerprint density at radius 1 is 1.11 bits per heavy atom. The average Bonchev–Trinajstić information content (AvgIpc) is 2.42. The van der Waals surface area contributed by atoms with E-state index >= 15 is 0 Å².